The van der Waals surface area contributed by atoms with Crippen LogP contribution in [0.2, 0.25) is 0 Å². The summed E-state index contributed by atoms with van der Waals surface area (Å²) in [6, 6.07) is 0.487. The number of likely N-dealkylation sites (tertiary alicyclic amines) is 1. The van der Waals surface area contributed by atoms with Crippen LogP contribution < -0.4 is 0 Å². The van der Waals surface area contributed by atoms with Crippen LogP contribution in [-0.2, 0) is 22.5 Å². The van der Waals surface area contributed by atoms with Gasteiger partial charge in [-0.1, -0.05) is 0 Å². The molecular formula is C17H30N4O2. The van der Waals surface area contributed by atoms with Crippen molar-refractivity contribution < 1.29 is 9.53 Å². The summed E-state index contributed by atoms with van der Waals surface area (Å²) in [7, 11) is 4.18. The maximum atomic E-state index is 12.5. The maximum Gasteiger partial charge on any atom is 0.223 e. The predicted octanol–water partition coefficient (Wildman–Crippen LogP) is 1.40. The lowest BCUT2D eigenvalue weighted by molar-refractivity contribution is -0.133. The van der Waals surface area contributed by atoms with Gasteiger partial charge in [0.1, 0.15) is 5.82 Å². The van der Waals surface area contributed by atoms with E-state index in [1.54, 1.807) is 6.20 Å². The van der Waals surface area contributed by atoms with E-state index < -0.39 is 0 Å². The third kappa shape index (κ3) is 5.32. The van der Waals surface area contributed by atoms with Crippen molar-refractivity contribution in [3.05, 3.63) is 18.2 Å². The molecule has 0 bridgehead atoms. The van der Waals surface area contributed by atoms with Gasteiger partial charge in [-0.25, -0.2) is 4.98 Å². The van der Waals surface area contributed by atoms with Crippen molar-refractivity contribution in [3.8, 4) is 0 Å². The number of likely N-dealkylation sites (N-methyl/N-ethyl adjacent to an activating group) is 1. The van der Waals surface area contributed by atoms with E-state index in [9.17, 15) is 4.79 Å². The number of piperidine rings is 1. The number of hydrogen-bond donors (Lipinski definition) is 0. The second-order valence-electron chi connectivity index (χ2n) is 6.33. The Morgan fingerprint density at radius 2 is 2.30 bits per heavy atom. The minimum absolute atomic E-state index is 0.246. The quantitative estimate of drug-likeness (QED) is 0.679. The molecule has 1 atom stereocenters. The van der Waals surface area contributed by atoms with Crippen LogP contribution in [0.15, 0.2) is 12.4 Å². The first kappa shape index (κ1) is 17.9. The zero-order chi connectivity index (χ0) is 16.7. The molecule has 2 heterocycles. The van der Waals surface area contributed by atoms with E-state index in [0.29, 0.717) is 25.5 Å². The third-order valence-corrected chi connectivity index (χ3v) is 4.52. The predicted molar refractivity (Wildman–Crippen MR) is 90.3 cm³/mol. The molecule has 0 aliphatic carbocycles. The van der Waals surface area contributed by atoms with Crippen molar-refractivity contribution in [2.45, 2.75) is 45.2 Å². The Morgan fingerprint density at radius 1 is 1.48 bits per heavy atom. The van der Waals surface area contributed by atoms with Gasteiger partial charge in [0.25, 0.3) is 0 Å². The van der Waals surface area contributed by atoms with Gasteiger partial charge in [0.15, 0.2) is 0 Å². The van der Waals surface area contributed by atoms with E-state index >= 15 is 0 Å². The fraction of sp³-hybridized carbons (Fsp3) is 0.765. The second kappa shape index (κ2) is 9.03. The van der Waals surface area contributed by atoms with Gasteiger partial charge in [-0.15, -0.1) is 0 Å². The summed E-state index contributed by atoms with van der Waals surface area (Å²) >= 11 is 0. The molecule has 6 nitrogen and oxygen atoms in total. The minimum atomic E-state index is 0.246. The number of imidazole rings is 1. The molecule has 0 unspecified atom stereocenters. The molecule has 1 aromatic heterocycles. The van der Waals surface area contributed by atoms with Crippen LogP contribution >= 0.6 is 0 Å². The Morgan fingerprint density at radius 3 is 3.04 bits per heavy atom. The summed E-state index contributed by atoms with van der Waals surface area (Å²) in [5.41, 5.74) is 0. The molecule has 1 aromatic rings. The Kier molecular flexibility index (Phi) is 7.05. The fourth-order valence-electron chi connectivity index (χ4n) is 3.06. The lowest BCUT2D eigenvalue weighted by Gasteiger charge is -2.36. The van der Waals surface area contributed by atoms with Crippen LogP contribution in [-0.4, -0.2) is 71.7 Å². The molecule has 1 aliphatic rings. The van der Waals surface area contributed by atoms with E-state index in [1.807, 2.05) is 18.0 Å². The van der Waals surface area contributed by atoms with Crippen molar-refractivity contribution in [3.63, 3.8) is 0 Å². The molecule has 0 saturated carbocycles. The first-order valence-corrected chi connectivity index (χ1v) is 8.63. The molecule has 1 amide bonds. The lowest BCUT2D eigenvalue weighted by Crippen LogP contribution is -2.47. The summed E-state index contributed by atoms with van der Waals surface area (Å²) < 4.78 is 7.47. The Labute approximate surface area is 139 Å². The maximum absolute atomic E-state index is 12.5. The van der Waals surface area contributed by atoms with Gasteiger partial charge in [0, 0.05) is 57.5 Å². The van der Waals surface area contributed by atoms with Crippen LogP contribution in [0.1, 0.15) is 32.0 Å². The van der Waals surface area contributed by atoms with Gasteiger partial charge < -0.3 is 19.1 Å². The van der Waals surface area contributed by atoms with Crippen molar-refractivity contribution in [2.24, 2.45) is 0 Å². The summed E-state index contributed by atoms with van der Waals surface area (Å²) in [5, 5.41) is 0. The number of ether oxygens (including phenoxy) is 1. The molecule has 6 heteroatoms. The molecule has 0 aromatic carbocycles. The number of hydrogen-bond acceptors (Lipinski definition) is 4. The van der Waals surface area contributed by atoms with E-state index in [2.05, 4.69) is 28.5 Å². The van der Waals surface area contributed by atoms with E-state index in [1.165, 1.54) is 6.42 Å². The number of carbonyl (C=O) groups excluding carboxylic acids is 1. The smallest absolute Gasteiger partial charge is 0.223 e. The number of aromatic nitrogens is 2. The van der Waals surface area contributed by atoms with Crippen LogP contribution in [0.25, 0.3) is 0 Å². The highest BCUT2D eigenvalue weighted by Gasteiger charge is 2.24. The van der Waals surface area contributed by atoms with Gasteiger partial charge in [0.2, 0.25) is 5.91 Å². The lowest BCUT2D eigenvalue weighted by atomic mass is 10.0. The van der Waals surface area contributed by atoms with Crippen molar-refractivity contribution >= 4 is 5.91 Å². The van der Waals surface area contributed by atoms with Crippen LogP contribution in [0.3, 0.4) is 0 Å². The molecule has 0 radical (unpaired) electrons. The Balaban J connectivity index is 1.81. The third-order valence-electron chi connectivity index (χ3n) is 4.52. The molecular weight excluding hydrogens is 292 g/mol. The second-order valence-corrected chi connectivity index (χ2v) is 6.33. The number of nitrogens with zero attached hydrogens (tertiary/aromatic N) is 4. The van der Waals surface area contributed by atoms with Crippen LogP contribution in [0, 0.1) is 0 Å². The monoisotopic (exact) mass is 322 g/mol. The highest BCUT2D eigenvalue weighted by atomic mass is 16.5. The van der Waals surface area contributed by atoms with Gasteiger partial charge in [-0.2, -0.15) is 0 Å². The van der Waals surface area contributed by atoms with E-state index in [4.69, 9.17) is 4.74 Å². The first-order valence-electron chi connectivity index (χ1n) is 8.63. The highest BCUT2D eigenvalue weighted by Crippen LogP contribution is 2.15. The van der Waals surface area contributed by atoms with Crippen LogP contribution in [0.4, 0.5) is 0 Å². The summed E-state index contributed by atoms with van der Waals surface area (Å²) in [5.74, 6) is 1.22. The SMILES string of the molecule is CCOCCn1ccnc1CCC(=O)N1CCC[C@@H](N(C)C)C1. The van der Waals surface area contributed by atoms with Gasteiger partial charge in [-0.05, 0) is 33.9 Å². The summed E-state index contributed by atoms with van der Waals surface area (Å²) in [6.07, 6.45) is 7.26. The normalized spacial score (nSPS) is 18.6. The average molecular weight is 322 g/mol. The van der Waals surface area contributed by atoms with Gasteiger partial charge in [0.05, 0.1) is 6.61 Å². The van der Waals surface area contributed by atoms with Gasteiger partial charge >= 0.3 is 0 Å². The molecule has 0 N–H and O–H groups in total. The van der Waals surface area contributed by atoms with E-state index in [-0.39, 0.29) is 5.91 Å². The number of aryl methyl sites for hydroxylation is 1. The standard InChI is InChI=1S/C17H30N4O2/c1-4-23-13-12-20-11-9-18-16(20)7-8-17(22)21-10-5-6-15(14-21)19(2)3/h9,11,15H,4-8,10,12-14H2,1-3H3/t15-/m1/s1. The number of rotatable bonds is 8. The fourth-order valence-corrected chi connectivity index (χ4v) is 3.06. The topological polar surface area (TPSA) is 50.6 Å². The molecule has 0 spiro atoms. The zero-order valence-electron chi connectivity index (χ0n) is 14.7. The van der Waals surface area contributed by atoms with E-state index in [0.717, 1.165) is 38.5 Å². The van der Waals surface area contributed by atoms with Crippen molar-refractivity contribution in [1.82, 2.24) is 19.4 Å². The molecule has 23 heavy (non-hydrogen) atoms. The molecule has 1 saturated heterocycles. The largest absolute Gasteiger partial charge is 0.380 e. The molecule has 1 fully saturated rings. The number of carbonyl (C=O) groups is 1. The van der Waals surface area contributed by atoms with Gasteiger partial charge in [-0.3, -0.25) is 4.79 Å². The average Bonchev–Trinajstić information content (AvgIpc) is 3.00. The molecule has 2 rings (SSSR count). The first-order chi connectivity index (χ1) is 11.1. The summed E-state index contributed by atoms with van der Waals surface area (Å²) in [6.45, 7) is 5.94. The molecule has 130 valence electrons. The van der Waals surface area contributed by atoms with Crippen molar-refractivity contribution in [1.29, 1.82) is 0 Å². The van der Waals surface area contributed by atoms with Crippen molar-refractivity contribution in [2.75, 3.05) is 40.4 Å². The molecule has 1 aliphatic heterocycles. The summed E-state index contributed by atoms with van der Waals surface area (Å²) in [4.78, 5) is 21.1. The Hall–Kier alpha value is -1.40. The zero-order valence-corrected chi connectivity index (χ0v) is 14.7. The van der Waals surface area contributed by atoms with Crippen LogP contribution in [0.5, 0.6) is 0 Å². The number of amides is 1. The Bertz CT molecular complexity index is 487. The highest BCUT2D eigenvalue weighted by molar-refractivity contribution is 5.76. The minimum Gasteiger partial charge on any atom is -0.380 e.